The van der Waals surface area contributed by atoms with Crippen molar-refractivity contribution >= 4 is 0 Å². The maximum Gasteiger partial charge on any atom is 0.123 e. The molecule has 2 aromatic rings. The first-order chi connectivity index (χ1) is 8.06. The van der Waals surface area contributed by atoms with Crippen molar-refractivity contribution in [2.24, 2.45) is 7.05 Å². The van der Waals surface area contributed by atoms with Crippen LogP contribution in [0.1, 0.15) is 22.9 Å². The molecule has 0 radical (unpaired) electrons. The van der Waals surface area contributed by atoms with Crippen LogP contribution < -0.4 is 0 Å². The first kappa shape index (κ1) is 11.7. The lowest BCUT2D eigenvalue weighted by molar-refractivity contribution is 0.176. The monoisotopic (exact) mass is 235 g/mol. The molecule has 1 unspecified atom stereocenters. The molecule has 1 aromatic heterocycles. The first-order valence-electron chi connectivity index (χ1n) is 5.35. The molecule has 1 atom stereocenters. The number of aliphatic hydroxyl groups excluding tert-OH is 1. The van der Waals surface area contributed by atoms with E-state index in [4.69, 9.17) is 0 Å². The number of aryl methyl sites for hydroxylation is 2. The van der Waals surface area contributed by atoms with Crippen LogP contribution in [0.5, 0.6) is 0 Å². The zero-order valence-electron chi connectivity index (χ0n) is 9.76. The van der Waals surface area contributed by atoms with Gasteiger partial charge in [0.25, 0.3) is 0 Å². The average molecular weight is 235 g/mol. The molecule has 0 aliphatic carbocycles. The van der Waals surface area contributed by atoms with Gasteiger partial charge in [0.15, 0.2) is 0 Å². The van der Waals surface area contributed by atoms with Crippen LogP contribution in [0, 0.1) is 12.7 Å². The molecular formula is C12H14FN3O. The maximum atomic E-state index is 12.9. The number of benzene rings is 1. The first-order valence-corrected chi connectivity index (χ1v) is 5.35. The second-order valence-electron chi connectivity index (χ2n) is 4.10. The third kappa shape index (κ3) is 2.68. The van der Waals surface area contributed by atoms with Gasteiger partial charge >= 0.3 is 0 Å². The molecule has 1 aromatic carbocycles. The Morgan fingerprint density at radius 1 is 1.47 bits per heavy atom. The van der Waals surface area contributed by atoms with Crippen LogP contribution in [0.15, 0.2) is 24.4 Å². The number of nitrogens with zero attached hydrogens (tertiary/aromatic N) is 3. The topological polar surface area (TPSA) is 50.9 Å². The van der Waals surface area contributed by atoms with Crippen LogP contribution in [0.4, 0.5) is 4.39 Å². The van der Waals surface area contributed by atoms with Gasteiger partial charge in [0.2, 0.25) is 0 Å². The van der Waals surface area contributed by atoms with Gasteiger partial charge in [-0.25, -0.2) is 4.39 Å². The van der Waals surface area contributed by atoms with E-state index < -0.39 is 6.10 Å². The number of hydrogen-bond acceptors (Lipinski definition) is 3. The summed E-state index contributed by atoms with van der Waals surface area (Å²) in [5.41, 5.74) is 2.17. The largest absolute Gasteiger partial charge is 0.388 e. The lowest BCUT2D eigenvalue weighted by Gasteiger charge is -2.12. The van der Waals surface area contributed by atoms with Gasteiger partial charge in [-0.1, -0.05) is 11.3 Å². The summed E-state index contributed by atoms with van der Waals surface area (Å²) in [5, 5.41) is 17.8. The van der Waals surface area contributed by atoms with Gasteiger partial charge in [-0.15, -0.1) is 5.10 Å². The molecule has 2 rings (SSSR count). The van der Waals surface area contributed by atoms with Gasteiger partial charge in [0.05, 0.1) is 11.8 Å². The Hall–Kier alpha value is -1.75. The number of aromatic nitrogens is 3. The average Bonchev–Trinajstić information content (AvgIpc) is 2.63. The normalized spacial score (nSPS) is 12.7. The van der Waals surface area contributed by atoms with Gasteiger partial charge in [-0.2, -0.15) is 0 Å². The van der Waals surface area contributed by atoms with Crippen molar-refractivity contribution in [2.75, 3.05) is 0 Å². The van der Waals surface area contributed by atoms with Crippen molar-refractivity contribution < 1.29 is 9.50 Å². The van der Waals surface area contributed by atoms with E-state index in [1.54, 1.807) is 30.9 Å². The number of aliphatic hydroxyl groups is 1. The van der Waals surface area contributed by atoms with Gasteiger partial charge < -0.3 is 5.11 Å². The minimum atomic E-state index is -0.688. The van der Waals surface area contributed by atoms with Crippen LogP contribution in [0.25, 0.3) is 0 Å². The van der Waals surface area contributed by atoms with E-state index >= 15 is 0 Å². The third-order valence-corrected chi connectivity index (χ3v) is 2.64. The fourth-order valence-electron chi connectivity index (χ4n) is 1.81. The molecule has 0 bridgehead atoms. The zero-order valence-corrected chi connectivity index (χ0v) is 9.76. The Balaban J connectivity index is 2.17. The summed E-state index contributed by atoms with van der Waals surface area (Å²) in [4.78, 5) is 0. The van der Waals surface area contributed by atoms with E-state index in [0.29, 0.717) is 12.1 Å². The molecule has 5 heteroatoms. The third-order valence-electron chi connectivity index (χ3n) is 2.64. The Labute approximate surface area is 98.7 Å². The van der Waals surface area contributed by atoms with Crippen LogP contribution in [0.2, 0.25) is 0 Å². The second-order valence-corrected chi connectivity index (χ2v) is 4.10. The smallest absolute Gasteiger partial charge is 0.123 e. The highest BCUT2D eigenvalue weighted by Gasteiger charge is 2.13. The Kier molecular flexibility index (Phi) is 3.19. The zero-order chi connectivity index (χ0) is 12.4. The molecule has 0 aliphatic rings. The van der Waals surface area contributed by atoms with Crippen molar-refractivity contribution in [2.45, 2.75) is 19.4 Å². The van der Waals surface area contributed by atoms with Crippen molar-refractivity contribution in [1.29, 1.82) is 0 Å². The highest BCUT2D eigenvalue weighted by atomic mass is 19.1. The summed E-state index contributed by atoms with van der Waals surface area (Å²) < 4.78 is 14.5. The molecule has 0 spiro atoms. The van der Waals surface area contributed by atoms with Crippen molar-refractivity contribution in [3.8, 4) is 0 Å². The lowest BCUT2D eigenvalue weighted by atomic mass is 10.0. The molecule has 1 N–H and O–H groups in total. The molecule has 90 valence electrons. The van der Waals surface area contributed by atoms with E-state index in [2.05, 4.69) is 10.3 Å². The second kappa shape index (κ2) is 4.63. The molecular weight excluding hydrogens is 221 g/mol. The Morgan fingerprint density at radius 3 is 2.82 bits per heavy atom. The quantitative estimate of drug-likeness (QED) is 0.878. The van der Waals surface area contributed by atoms with Gasteiger partial charge in [0, 0.05) is 19.7 Å². The fourth-order valence-corrected chi connectivity index (χ4v) is 1.81. The predicted octanol–water partition coefficient (Wildman–Crippen LogP) is 1.54. The SMILES string of the molecule is Cc1cc(F)ccc1C(O)Cc1cn(C)nn1. The van der Waals surface area contributed by atoms with Gasteiger partial charge in [-0.05, 0) is 30.2 Å². The molecule has 0 saturated carbocycles. The van der Waals surface area contributed by atoms with Crippen LogP contribution in [0.3, 0.4) is 0 Å². The van der Waals surface area contributed by atoms with Gasteiger partial charge in [-0.3, -0.25) is 4.68 Å². The highest BCUT2D eigenvalue weighted by Crippen LogP contribution is 2.21. The Bertz CT molecular complexity index is 524. The van der Waals surface area contributed by atoms with E-state index in [9.17, 15) is 9.50 Å². The lowest BCUT2D eigenvalue weighted by Crippen LogP contribution is -2.04. The summed E-state index contributed by atoms with van der Waals surface area (Å²) in [6, 6.07) is 4.36. The molecule has 0 saturated heterocycles. The molecule has 17 heavy (non-hydrogen) atoms. The molecule has 0 amide bonds. The molecule has 0 aliphatic heterocycles. The van der Waals surface area contributed by atoms with Crippen molar-refractivity contribution in [1.82, 2.24) is 15.0 Å². The molecule has 4 nitrogen and oxygen atoms in total. The van der Waals surface area contributed by atoms with E-state index in [-0.39, 0.29) is 5.82 Å². The minimum Gasteiger partial charge on any atom is -0.388 e. The number of rotatable bonds is 3. The van der Waals surface area contributed by atoms with Gasteiger partial charge in [0.1, 0.15) is 5.82 Å². The van der Waals surface area contributed by atoms with E-state index in [1.807, 2.05) is 0 Å². The van der Waals surface area contributed by atoms with Crippen molar-refractivity contribution in [3.63, 3.8) is 0 Å². The minimum absolute atomic E-state index is 0.294. The predicted molar refractivity (Wildman–Crippen MR) is 60.8 cm³/mol. The highest BCUT2D eigenvalue weighted by molar-refractivity contribution is 5.29. The number of hydrogen-bond donors (Lipinski definition) is 1. The summed E-state index contributed by atoms with van der Waals surface area (Å²) in [6.07, 6.45) is 1.44. The summed E-state index contributed by atoms with van der Waals surface area (Å²) in [7, 11) is 1.77. The van der Waals surface area contributed by atoms with E-state index in [0.717, 1.165) is 11.1 Å². The van der Waals surface area contributed by atoms with E-state index in [1.165, 1.54) is 12.1 Å². The van der Waals surface area contributed by atoms with Crippen molar-refractivity contribution in [3.05, 3.63) is 47.0 Å². The summed E-state index contributed by atoms with van der Waals surface area (Å²) >= 11 is 0. The fraction of sp³-hybridized carbons (Fsp3) is 0.333. The standard InChI is InChI=1S/C12H14FN3O/c1-8-5-9(13)3-4-11(8)12(17)6-10-7-16(2)15-14-10/h3-5,7,12,17H,6H2,1-2H3. The van der Waals surface area contributed by atoms with Crippen LogP contribution >= 0.6 is 0 Å². The Morgan fingerprint density at radius 2 is 2.24 bits per heavy atom. The van der Waals surface area contributed by atoms with Crippen LogP contribution in [-0.2, 0) is 13.5 Å². The maximum absolute atomic E-state index is 12.9. The molecule has 0 fully saturated rings. The van der Waals surface area contributed by atoms with Crippen LogP contribution in [-0.4, -0.2) is 20.1 Å². The summed E-state index contributed by atoms with van der Waals surface area (Å²) in [6.45, 7) is 1.78. The number of halogens is 1. The summed E-state index contributed by atoms with van der Waals surface area (Å²) in [5.74, 6) is -0.294. The molecule has 1 heterocycles.